The highest BCUT2D eigenvalue weighted by atomic mass is 35.5. The lowest BCUT2D eigenvalue weighted by Gasteiger charge is -2.13. The summed E-state index contributed by atoms with van der Waals surface area (Å²) in [6.45, 7) is 0.434. The molecule has 2 aromatic rings. The molecule has 8 heteroatoms. The summed E-state index contributed by atoms with van der Waals surface area (Å²) in [4.78, 5) is 10.2. The average Bonchev–Trinajstić information content (AvgIpc) is 2.94. The Labute approximate surface area is 130 Å². The minimum absolute atomic E-state index is 0.117. The molecule has 0 fully saturated rings. The Morgan fingerprint density at radius 2 is 2.00 bits per heavy atom. The minimum Gasteiger partial charge on any atom is -0.495 e. The van der Waals surface area contributed by atoms with Crippen LogP contribution in [0.3, 0.4) is 0 Å². The molecule has 112 valence electrons. The summed E-state index contributed by atoms with van der Waals surface area (Å²) in [5.74, 6) is 1.10. The molecule has 6 nitrogen and oxygen atoms in total. The van der Waals surface area contributed by atoms with Crippen molar-refractivity contribution in [1.29, 1.82) is 0 Å². The standard InChI is InChI=1S/C13H13ClN2O4S/c1-19-11-5-12(20-2)10(4-9(11)14)15-6-8-3-13(16(17)18)21-7-8/h3-5,7,15H,6H2,1-2H3. The van der Waals surface area contributed by atoms with Crippen molar-refractivity contribution >= 4 is 33.6 Å². The van der Waals surface area contributed by atoms with E-state index in [0.717, 1.165) is 16.9 Å². The van der Waals surface area contributed by atoms with Gasteiger partial charge < -0.3 is 14.8 Å². The van der Waals surface area contributed by atoms with E-state index in [9.17, 15) is 10.1 Å². The highest BCUT2D eigenvalue weighted by Crippen LogP contribution is 2.36. The van der Waals surface area contributed by atoms with Crippen LogP contribution >= 0.6 is 22.9 Å². The molecule has 0 spiro atoms. The molecule has 0 unspecified atom stereocenters. The van der Waals surface area contributed by atoms with Crippen molar-refractivity contribution in [3.8, 4) is 11.5 Å². The smallest absolute Gasteiger partial charge is 0.324 e. The van der Waals surface area contributed by atoms with Gasteiger partial charge in [-0.25, -0.2) is 0 Å². The molecule has 1 aromatic carbocycles. The number of nitrogens with zero attached hydrogens (tertiary/aromatic N) is 1. The van der Waals surface area contributed by atoms with E-state index in [4.69, 9.17) is 21.1 Å². The summed E-state index contributed by atoms with van der Waals surface area (Å²) in [6, 6.07) is 4.91. The number of benzene rings is 1. The van der Waals surface area contributed by atoms with Gasteiger partial charge in [0, 0.05) is 24.1 Å². The van der Waals surface area contributed by atoms with Crippen molar-refractivity contribution in [3.05, 3.63) is 44.3 Å². The van der Waals surface area contributed by atoms with Crippen LogP contribution in [0.5, 0.6) is 11.5 Å². The number of halogens is 1. The first-order valence-electron chi connectivity index (χ1n) is 5.92. The summed E-state index contributed by atoms with van der Waals surface area (Å²) in [5.41, 5.74) is 1.51. The molecule has 21 heavy (non-hydrogen) atoms. The molecule has 0 saturated heterocycles. The second kappa shape index (κ2) is 6.64. The molecule has 0 amide bonds. The molecular weight excluding hydrogens is 316 g/mol. The number of methoxy groups -OCH3 is 2. The van der Waals surface area contributed by atoms with Crippen LogP contribution in [0.4, 0.5) is 10.7 Å². The van der Waals surface area contributed by atoms with E-state index in [1.807, 2.05) is 0 Å². The second-order valence-corrected chi connectivity index (χ2v) is 5.39. The van der Waals surface area contributed by atoms with E-state index in [2.05, 4.69) is 5.32 Å². The van der Waals surface area contributed by atoms with E-state index in [-0.39, 0.29) is 5.00 Å². The Bertz CT molecular complexity index is 660. The average molecular weight is 329 g/mol. The van der Waals surface area contributed by atoms with Gasteiger partial charge in [0.2, 0.25) is 0 Å². The second-order valence-electron chi connectivity index (χ2n) is 4.09. The number of thiophene rings is 1. The highest BCUT2D eigenvalue weighted by Gasteiger charge is 2.12. The fraction of sp³-hybridized carbons (Fsp3) is 0.231. The Hall–Kier alpha value is -1.99. The molecule has 0 atom stereocenters. The summed E-state index contributed by atoms with van der Waals surface area (Å²) >= 11 is 7.17. The summed E-state index contributed by atoms with van der Waals surface area (Å²) in [5, 5.41) is 16.1. The molecule has 0 radical (unpaired) electrons. The van der Waals surface area contributed by atoms with Crippen LogP contribution in [0.2, 0.25) is 5.02 Å². The molecule has 0 aliphatic carbocycles. The highest BCUT2D eigenvalue weighted by molar-refractivity contribution is 7.13. The van der Waals surface area contributed by atoms with Crippen molar-refractivity contribution in [2.45, 2.75) is 6.54 Å². The zero-order valence-corrected chi connectivity index (χ0v) is 13.0. The van der Waals surface area contributed by atoms with Crippen molar-refractivity contribution in [3.63, 3.8) is 0 Å². The number of anilines is 1. The fourth-order valence-electron chi connectivity index (χ4n) is 1.75. The number of rotatable bonds is 6. The van der Waals surface area contributed by atoms with Crippen LogP contribution in [-0.2, 0) is 6.54 Å². The zero-order chi connectivity index (χ0) is 15.4. The van der Waals surface area contributed by atoms with Crippen LogP contribution in [0, 0.1) is 10.1 Å². The van der Waals surface area contributed by atoms with E-state index in [0.29, 0.717) is 28.8 Å². The van der Waals surface area contributed by atoms with Crippen molar-refractivity contribution in [2.24, 2.45) is 0 Å². The van der Waals surface area contributed by atoms with Crippen molar-refractivity contribution in [2.75, 3.05) is 19.5 Å². The monoisotopic (exact) mass is 328 g/mol. The van der Waals surface area contributed by atoms with Gasteiger partial charge in [0.15, 0.2) is 0 Å². The first kappa shape index (κ1) is 15.4. The van der Waals surface area contributed by atoms with Gasteiger partial charge in [0.1, 0.15) is 11.5 Å². The molecule has 1 aromatic heterocycles. The van der Waals surface area contributed by atoms with Crippen molar-refractivity contribution in [1.82, 2.24) is 0 Å². The van der Waals surface area contributed by atoms with Crippen LogP contribution in [0.25, 0.3) is 0 Å². The topological polar surface area (TPSA) is 73.6 Å². The van der Waals surface area contributed by atoms with E-state index >= 15 is 0 Å². The lowest BCUT2D eigenvalue weighted by Crippen LogP contribution is -2.01. The molecule has 0 saturated carbocycles. The first-order chi connectivity index (χ1) is 10.0. The van der Waals surface area contributed by atoms with Gasteiger partial charge in [-0.2, -0.15) is 0 Å². The molecule has 2 rings (SSSR count). The van der Waals surface area contributed by atoms with Crippen LogP contribution in [0.15, 0.2) is 23.6 Å². The van der Waals surface area contributed by atoms with Crippen LogP contribution in [0.1, 0.15) is 5.56 Å². The van der Waals surface area contributed by atoms with Gasteiger partial charge in [0.05, 0.1) is 29.9 Å². The van der Waals surface area contributed by atoms with Gasteiger partial charge in [0.25, 0.3) is 0 Å². The third-order valence-electron chi connectivity index (χ3n) is 2.78. The van der Waals surface area contributed by atoms with Gasteiger partial charge in [-0.3, -0.25) is 10.1 Å². The van der Waals surface area contributed by atoms with Crippen LogP contribution in [-0.4, -0.2) is 19.1 Å². The van der Waals surface area contributed by atoms with Gasteiger partial charge >= 0.3 is 5.00 Å². The molecule has 0 aliphatic rings. The summed E-state index contributed by atoms with van der Waals surface area (Å²) < 4.78 is 10.4. The molecular formula is C13H13ClN2O4S. The number of ether oxygens (including phenoxy) is 2. The van der Waals surface area contributed by atoms with E-state index in [1.165, 1.54) is 13.2 Å². The predicted molar refractivity (Wildman–Crippen MR) is 82.9 cm³/mol. The molecule has 0 bridgehead atoms. The number of hydrogen-bond donors (Lipinski definition) is 1. The quantitative estimate of drug-likeness (QED) is 0.642. The molecule has 0 aliphatic heterocycles. The van der Waals surface area contributed by atoms with Gasteiger partial charge in [-0.05, 0) is 11.6 Å². The Morgan fingerprint density at radius 3 is 2.57 bits per heavy atom. The molecule has 1 heterocycles. The minimum atomic E-state index is -0.404. The first-order valence-corrected chi connectivity index (χ1v) is 7.18. The normalized spacial score (nSPS) is 10.2. The van der Waals surface area contributed by atoms with E-state index < -0.39 is 4.92 Å². The SMILES string of the molecule is COc1cc(OC)c(NCc2csc([N+](=O)[O-])c2)cc1Cl. The lowest BCUT2D eigenvalue weighted by molar-refractivity contribution is -0.380. The Morgan fingerprint density at radius 1 is 1.29 bits per heavy atom. The number of hydrogen-bond acceptors (Lipinski definition) is 6. The zero-order valence-electron chi connectivity index (χ0n) is 11.4. The van der Waals surface area contributed by atoms with Gasteiger partial charge in [-0.1, -0.05) is 22.9 Å². The maximum atomic E-state index is 10.6. The van der Waals surface area contributed by atoms with E-state index in [1.54, 1.807) is 24.6 Å². The maximum Gasteiger partial charge on any atom is 0.324 e. The third-order valence-corrected chi connectivity index (χ3v) is 4.00. The maximum absolute atomic E-state index is 10.6. The summed E-state index contributed by atoms with van der Waals surface area (Å²) in [6.07, 6.45) is 0. The van der Waals surface area contributed by atoms with Crippen molar-refractivity contribution < 1.29 is 14.4 Å². The van der Waals surface area contributed by atoms with Crippen LogP contribution < -0.4 is 14.8 Å². The predicted octanol–water partition coefficient (Wildman–Crippen LogP) is 3.94. The Balaban J connectivity index is 2.15. The number of nitrogens with one attached hydrogen (secondary N) is 1. The summed E-state index contributed by atoms with van der Waals surface area (Å²) in [7, 11) is 3.07. The fourth-order valence-corrected chi connectivity index (χ4v) is 2.72. The Kier molecular flexibility index (Phi) is 4.87. The largest absolute Gasteiger partial charge is 0.495 e. The molecule has 1 N–H and O–H groups in total. The third kappa shape index (κ3) is 3.56. The number of nitro groups is 1. The van der Waals surface area contributed by atoms with Gasteiger partial charge in [-0.15, -0.1) is 0 Å². The lowest BCUT2D eigenvalue weighted by atomic mass is 10.2.